The largest absolute Gasteiger partial charge is 0.466 e. The van der Waals surface area contributed by atoms with E-state index in [-0.39, 0.29) is 6.61 Å². The molecule has 0 spiro atoms. The van der Waals surface area contributed by atoms with Gasteiger partial charge in [0.1, 0.15) is 5.25 Å². The van der Waals surface area contributed by atoms with Crippen molar-refractivity contribution in [3.8, 4) is 0 Å². The van der Waals surface area contributed by atoms with Crippen LogP contribution in [-0.2, 0) is 29.8 Å². The van der Waals surface area contributed by atoms with Gasteiger partial charge in [0.15, 0.2) is 0 Å². The number of rotatable bonds is 7. The topological polar surface area (TPSA) is 135 Å². The van der Waals surface area contributed by atoms with Gasteiger partial charge in [-0.15, -0.1) is 0 Å². The second-order valence-corrected chi connectivity index (χ2v) is 6.88. The van der Waals surface area contributed by atoms with Crippen LogP contribution in [0.5, 0.6) is 0 Å². The molecule has 2 N–H and O–H groups in total. The minimum Gasteiger partial charge on any atom is -0.466 e. The molecule has 108 valence electrons. The van der Waals surface area contributed by atoms with Crippen molar-refractivity contribution in [3.05, 3.63) is 0 Å². The third kappa shape index (κ3) is 6.28. The standard InChI is InChI=1S/C8H16O8S2/c1-3-16-8(9)6(2)7(18(13,14)15)4-5-17(10,11)12/h6-7H,3-5H2,1-2H3,(H,10,11,12)(H,13,14,15). The first kappa shape index (κ1) is 17.3. The fourth-order valence-corrected chi connectivity index (χ4v) is 3.09. The highest BCUT2D eigenvalue weighted by Crippen LogP contribution is 2.18. The zero-order valence-electron chi connectivity index (χ0n) is 9.94. The van der Waals surface area contributed by atoms with Gasteiger partial charge >= 0.3 is 5.97 Å². The van der Waals surface area contributed by atoms with E-state index < -0.39 is 49.5 Å². The maximum absolute atomic E-state index is 11.3. The Bertz CT molecular complexity index is 477. The van der Waals surface area contributed by atoms with Crippen LogP contribution in [0.4, 0.5) is 0 Å². The number of carbonyl (C=O) groups excluding carboxylic acids is 1. The summed E-state index contributed by atoms with van der Waals surface area (Å²) in [6.45, 7) is 2.74. The minimum atomic E-state index is -4.63. The van der Waals surface area contributed by atoms with Crippen molar-refractivity contribution in [2.75, 3.05) is 12.4 Å². The number of carbonyl (C=O) groups is 1. The number of hydrogen-bond donors (Lipinski definition) is 2. The zero-order valence-corrected chi connectivity index (χ0v) is 11.6. The van der Waals surface area contributed by atoms with Crippen LogP contribution in [0.2, 0.25) is 0 Å². The first-order chi connectivity index (χ1) is 7.99. The first-order valence-corrected chi connectivity index (χ1v) is 8.18. The van der Waals surface area contributed by atoms with Gasteiger partial charge in [-0.1, -0.05) is 6.92 Å². The Hall–Kier alpha value is -0.710. The number of esters is 1. The minimum absolute atomic E-state index is 0.0274. The van der Waals surface area contributed by atoms with E-state index in [1.54, 1.807) is 0 Å². The van der Waals surface area contributed by atoms with E-state index >= 15 is 0 Å². The van der Waals surface area contributed by atoms with Crippen LogP contribution in [0.15, 0.2) is 0 Å². The monoisotopic (exact) mass is 304 g/mol. The average Bonchev–Trinajstić information content (AvgIpc) is 2.13. The molecule has 0 aromatic heterocycles. The van der Waals surface area contributed by atoms with Gasteiger partial charge in [-0.3, -0.25) is 13.9 Å². The lowest BCUT2D eigenvalue weighted by Crippen LogP contribution is -2.35. The Kier molecular flexibility index (Phi) is 6.20. The molecule has 0 rings (SSSR count). The highest BCUT2D eigenvalue weighted by atomic mass is 32.2. The second kappa shape index (κ2) is 6.45. The fraction of sp³-hybridized carbons (Fsp3) is 0.875. The van der Waals surface area contributed by atoms with Gasteiger partial charge in [0.25, 0.3) is 20.2 Å². The average molecular weight is 304 g/mol. The summed E-state index contributed by atoms with van der Waals surface area (Å²) in [6.07, 6.45) is -0.600. The summed E-state index contributed by atoms with van der Waals surface area (Å²) in [6, 6.07) is 0. The van der Waals surface area contributed by atoms with Crippen LogP contribution in [0, 0.1) is 5.92 Å². The van der Waals surface area contributed by atoms with Crippen LogP contribution in [-0.4, -0.2) is 49.5 Å². The molecule has 0 radical (unpaired) electrons. The van der Waals surface area contributed by atoms with E-state index in [0.717, 1.165) is 0 Å². The van der Waals surface area contributed by atoms with Crippen molar-refractivity contribution in [2.45, 2.75) is 25.5 Å². The number of ether oxygens (including phenoxy) is 1. The van der Waals surface area contributed by atoms with E-state index in [0.29, 0.717) is 0 Å². The van der Waals surface area contributed by atoms with Crippen molar-refractivity contribution in [1.29, 1.82) is 0 Å². The zero-order chi connectivity index (χ0) is 14.6. The number of hydrogen-bond acceptors (Lipinski definition) is 6. The molecule has 0 amide bonds. The fourth-order valence-electron chi connectivity index (χ4n) is 1.35. The van der Waals surface area contributed by atoms with E-state index in [1.165, 1.54) is 13.8 Å². The molecule has 0 aromatic carbocycles. The summed E-state index contributed by atoms with van der Waals surface area (Å²) in [4.78, 5) is 11.3. The molecular weight excluding hydrogens is 288 g/mol. The van der Waals surface area contributed by atoms with Crippen LogP contribution in [0.1, 0.15) is 20.3 Å². The third-order valence-corrected chi connectivity index (χ3v) is 4.42. The molecule has 2 unspecified atom stereocenters. The third-order valence-electron chi connectivity index (χ3n) is 2.26. The van der Waals surface area contributed by atoms with Crippen LogP contribution < -0.4 is 0 Å². The lowest BCUT2D eigenvalue weighted by atomic mass is 10.1. The van der Waals surface area contributed by atoms with Crippen molar-refractivity contribution in [3.63, 3.8) is 0 Å². The van der Waals surface area contributed by atoms with Crippen LogP contribution >= 0.6 is 0 Å². The Labute approximate surface area is 106 Å². The summed E-state index contributed by atoms with van der Waals surface area (Å²) >= 11 is 0. The molecule has 0 aliphatic heterocycles. The van der Waals surface area contributed by atoms with Gasteiger partial charge in [-0.05, 0) is 13.3 Å². The Morgan fingerprint density at radius 2 is 1.72 bits per heavy atom. The molecule has 10 heteroatoms. The molecule has 2 atom stereocenters. The molecular formula is C8H16O8S2. The van der Waals surface area contributed by atoms with Gasteiger partial charge in [-0.2, -0.15) is 16.8 Å². The summed E-state index contributed by atoms with van der Waals surface area (Å²) < 4.78 is 65.3. The van der Waals surface area contributed by atoms with Crippen LogP contribution in [0.3, 0.4) is 0 Å². The Morgan fingerprint density at radius 1 is 1.22 bits per heavy atom. The molecule has 0 saturated carbocycles. The Balaban J connectivity index is 4.97. The van der Waals surface area contributed by atoms with E-state index in [4.69, 9.17) is 9.11 Å². The van der Waals surface area contributed by atoms with E-state index in [9.17, 15) is 21.6 Å². The van der Waals surface area contributed by atoms with E-state index in [2.05, 4.69) is 4.74 Å². The first-order valence-electron chi connectivity index (χ1n) is 5.07. The van der Waals surface area contributed by atoms with Crippen molar-refractivity contribution < 1.29 is 35.5 Å². The summed E-state index contributed by atoms with van der Waals surface area (Å²) in [5.74, 6) is -2.97. The molecule has 0 fully saturated rings. The predicted molar refractivity (Wildman–Crippen MR) is 62.2 cm³/mol. The molecule has 0 aliphatic carbocycles. The van der Waals surface area contributed by atoms with E-state index in [1.807, 2.05) is 0 Å². The second-order valence-electron chi connectivity index (χ2n) is 3.67. The highest BCUT2D eigenvalue weighted by molar-refractivity contribution is 7.87. The smallest absolute Gasteiger partial charge is 0.310 e. The molecule has 0 bridgehead atoms. The molecule has 18 heavy (non-hydrogen) atoms. The quantitative estimate of drug-likeness (QED) is 0.484. The summed E-state index contributed by atoms with van der Waals surface area (Å²) in [5, 5.41) is -1.64. The molecule has 0 saturated heterocycles. The maximum Gasteiger partial charge on any atom is 0.310 e. The van der Waals surface area contributed by atoms with Crippen molar-refractivity contribution >= 4 is 26.2 Å². The maximum atomic E-state index is 11.3. The summed E-state index contributed by atoms with van der Waals surface area (Å²) in [7, 11) is -9.00. The SMILES string of the molecule is CCOC(=O)C(C)C(CCS(=O)(=O)O)S(=O)(=O)O. The molecule has 8 nitrogen and oxygen atoms in total. The van der Waals surface area contributed by atoms with Crippen molar-refractivity contribution in [1.82, 2.24) is 0 Å². The molecule has 0 aliphatic rings. The van der Waals surface area contributed by atoms with Gasteiger partial charge in [-0.25, -0.2) is 0 Å². The van der Waals surface area contributed by atoms with Gasteiger partial charge in [0.05, 0.1) is 18.3 Å². The lowest BCUT2D eigenvalue weighted by Gasteiger charge is -2.19. The Morgan fingerprint density at radius 3 is 2.06 bits per heavy atom. The van der Waals surface area contributed by atoms with Gasteiger partial charge in [0.2, 0.25) is 0 Å². The highest BCUT2D eigenvalue weighted by Gasteiger charge is 2.35. The molecule has 0 aromatic rings. The van der Waals surface area contributed by atoms with Gasteiger partial charge in [0, 0.05) is 0 Å². The van der Waals surface area contributed by atoms with Crippen LogP contribution in [0.25, 0.3) is 0 Å². The van der Waals surface area contributed by atoms with Crippen molar-refractivity contribution in [2.24, 2.45) is 5.92 Å². The lowest BCUT2D eigenvalue weighted by molar-refractivity contribution is -0.147. The molecule has 0 heterocycles. The van der Waals surface area contributed by atoms with Gasteiger partial charge < -0.3 is 4.74 Å². The summed E-state index contributed by atoms with van der Waals surface area (Å²) in [5.41, 5.74) is 0. The predicted octanol–water partition coefficient (Wildman–Crippen LogP) is -0.280. The normalized spacial score (nSPS) is 16.0.